The molecular formula is C41H47N3O2. The normalized spacial score (nSPS) is 12.7. The standard InChI is InChI=1S/C41H47N3O2/c1-23(2)26-12-15-33-29(19-26)30-20-28(24(3)4)35(22-34(30)44(33)36-18-25(5)16-17-42-36)46-37-21-32(41(9,10)11)27-13-14-31(40(6,7)8)39(45)38(27)43-37/h12-24,45H,1-11H3. The van der Waals surface area contributed by atoms with E-state index in [1.807, 2.05) is 24.4 Å². The maximum atomic E-state index is 11.5. The Labute approximate surface area is 273 Å². The van der Waals surface area contributed by atoms with Crippen molar-refractivity contribution < 1.29 is 9.84 Å². The summed E-state index contributed by atoms with van der Waals surface area (Å²) in [7, 11) is 0. The van der Waals surface area contributed by atoms with Gasteiger partial charge in [-0.2, -0.15) is 0 Å². The number of ether oxygens (including phenoxy) is 1. The Morgan fingerprint density at radius 2 is 1.41 bits per heavy atom. The molecule has 0 spiro atoms. The number of benzene rings is 3. The molecule has 0 aliphatic heterocycles. The van der Waals surface area contributed by atoms with Gasteiger partial charge >= 0.3 is 0 Å². The SMILES string of the molecule is Cc1ccnc(-n2c3ccc(C(C)C)cc3c3cc(C(C)C)c(Oc4cc(C(C)(C)C)c5ccc(C(C)(C)C)c(O)c5n4)cc32)c1. The van der Waals surface area contributed by atoms with E-state index >= 15 is 0 Å². The molecule has 0 saturated carbocycles. The topological polar surface area (TPSA) is 60.2 Å². The van der Waals surface area contributed by atoms with Gasteiger partial charge in [-0.15, -0.1) is 0 Å². The first-order chi connectivity index (χ1) is 21.5. The summed E-state index contributed by atoms with van der Waals surface area (Å²) in [5, 5.41) is 14.9. The van der Waals surface area contributed by atoms with E-state index in [2.05, 4.69) is 123 Å². The first-order valence-electron chi connectivity index (χ1n) is 16.4. The maximum absolute atomic E-state index is 11.5. The third-order valence-corrected chi connectivity index (χ3v) is 9.10. The lowest BCUT2D eigenvalue weighted by molar-refractivity contribution is 0.442. The summed E-state index contributed by atoms with van der Waals surface area (Å²) in [6, 6.07) is 21.5. The zero-order chi connectivity index (χ0) is 33.3. The monoisotopic (exact) mass is 613 g/mol. The van der Waals surface area contributed by atoms with Gasteiger partial charge in [-0.25, -0.2) is 9.97 Å². The van der Waals surface area contributed by atoms with Gasteiger partial charge in [0.2, 0.25) is 5.88 Å². The molecule has 6 aromatic rings. The van der Waals surface area contributed by atoms with Crippen LogP contribution in [-0.2, 0) is 10.8 Å². The molecule has 0 bridgehead atoms. The minimum atomic E-state index is -0.235. The van der Waals surface area contributed by atoms with Crippen molar-refractivity contribution in [1.29, 1.82) is 0 Å². The number of hydrogen-bond donors (Lipinski definition) is 1. The molecule has 0 radical (unpaired) electrons. The first-order valence-corrected chi connectivity index (χ1v) is 16.4. The van der Waals surface area contributed by atoms with Gasteiger partial charge in [-0.05, 0) is 82.2 Å². The highest BCUT2D eigenvalue weighted by Gasteiger charge is 2.26. The lowest BCUT2D eigenvalue weighted by Crippen LogP contribution is -2.14. The van der Waals surface area contributed by atoms with Crippen LogP contribution in [0.5, 0.6) is 17.4 Å². The van der Waals surface area contributed by atoms with E-state index < -0.39 is 0 Å². The van der Waals surface area contributed by atoms with Crippen molar-refractivity contribution in [3.63, 3.8) is 0 Å². The molecule has 0 saturated heterocycles. The second-order valence-electron chi connectivity index (χ2n) is 15.5. The van der Waals surface area contributed by atoms with Crippen LogP contribution in [0.3, 0.4) is 0 Å². The Morgan fingerprint density at radius 3 is 2.04 bits per heavy atom. The zero-order valence-electron chi connectivity index (χ0n) is 29.2. The Kier molecular flexibility index (Phi) is 7.66. The molecule has 1 N–H and O–H groups in total. The van der Waals surface area contributed by atoms with E-state index in [0.717, 1.165) is 50.2 Å². The summed E-state index contributed by atoms with van der Waals surface area (Å²) in [5.41, 5.74) is 7.79. The molecule has 6 rings (SSSR count). The van der Waals surface area contributed by atoms with Crippen LogP contribution in [0.15, 0.2) is 66.9 Å². The highest BCUT2D eigenvalue weighted by molar-refractivity contribution is 6.10. The molecule has 5 heteroatoms. The summed E-state index contributed by atoms with van der Waals surface area (Å²) in [4.78, 5) is 9.78. The summed E-state index contributed by atoms with van der Waals surface area (Å²) >= 11 is 0. The van der Waals surface area contributed by atoms with Crippen LogP contribution < -0.4 is 4.74 Å². The highest BCUT2D eigenvalue weighted by atomic mass is 16.5. The van der Waals surface area contributed by atoms with Crippen molar-refractivity contribution >= 4 is 32.7 Å². The number of phenols is 1. The third kappa shape index (κ3) is 5.50. The zero-order valence-corrected chi connectivity index (χ0v) is 29.2. The fraction of sp³-hybridized carbons (Fsp3) is 0.366. The number of aryl methyl sites for hydroxylation is 1. The minimum absolute atomic E-state index is 0.197. The summed E-state index contributed by atoms with van der Waals surface area (Å²) in [5.74, 6) is 2.93. The third-order valence-electron chi connectivity index (χ3n) is 9.10. The molecule has 3 aromatic heterocycles. The Balaban J connectivity index is 1.64. The van der Waals surface area contributed by atoms with Gasteiger partial charge in [-0.3, -0.25) is 4.57 Å². The lowest BCUT2D eigenvalue weighted by Gasteiger charge is -2.25. The number of phenolic OH excluding ortho intramolecular Hbond substituents is 1. The molecule has 0 fully saturated rings. The van der Waals surface area contributed by atoms with Crippen LogP contribution >= 0.6 is 0 Å². The molecule has 0 atom stereocenters. The van der Waals surface area contributed by atoms with Crippen molar-refractivity contribution in [3.05, 3.63) is 94.7 Å². The Bertz CT molecular complexity index is 2120. The van der Waals surface area contributed by atoms with E-state index in [1.54, 1.807) is 0 Å². The average molecular weight is 614 g/mol. The van der Waals surface area contributed by atoms with Crippen molar-refractivity contribution in [2.24, 2.45) is 0 Å². The second kappa shape index (κ2) is 11.2. The number of fused-ring (bicyclic) bond motifs is 4. The van der Waals surface area contributed by atoms with Crippen LogP contribution in [0.1, 0.15) is 109 Å². The fourth-order valence-electron chi connectivity index (χ4n) is 6.51. The predicted octanol–water partition coefficient (Wildman–Crippen LogP) is 11.4. The largest absolute Gasteiger partial charge is 0.505 e. The molecule has 5 nitrogen and oxygen atoms in total. The van der Waals surface area contributed by atoms with Gasteiger partial charge in [0.05, 0.1) is 11.0 Å². The number of aromatic hydroxyl groups is 1. The molecule has 0 aliphatic carbocycles. The van der Waals surface area contributed by atoms with Gasteiger partial charge < -0.3 is 9.84 Å². The van der Waals surface area contributed by atoms with Crippen molar-refractivity contribution in [2.45, 2.75) is 98.8 Å². The van der Waals surface area contributed by atoms with Gasteiger partial charge in [0.15, 0.2) is 0 Å². The second-order valence-corrected chi connectivity index (χ2v) is 15.5. The van der Waals surface area contributed by atoms with E-state index in [-0.39, 0.29) is 22.5 Å². The highest BCUT2D eigenvalue weighted by Crippen LogP contribution is 2.44. The summed E-state index contributed by atoms with van der Waals surface area (Å²) < 4.78 is 9.06. The fourth-order valence-corrected chi connectivity index (χ4v) is 6.51. The molecule has 0 aliphatic rings. The van der Waals surface area contributed by atoms with Crippen molar-refractivity contribution in [2.75, 3.05) is 0 Å². The smallest absolute Gasteiger partial charge is 0.220 e. The van der Waals surface area contributed by atoms with Gasteiger partial charge in [0.25, 0.3) is 0 Å². The number of hydrogen-bond acceptors (Lipinski definition) is 4. The van der Waals surface area contributed by atoms with Crippen molar-refractivity contribution in [3.8, 4) is 23.2 Å². The number of pyridine rings is 2. The Hall–Kier alpha value is -4.38. The van der Waals surface area contributed by atoms with E-state index in [9.17, 15) is 5.11 Å². The van der Waals surface area contributed by atoms with Crippen LogP contribution in [-0.4, -0.2) is 19.6 Å². The molecule has 0 unspecified atom stereocenters. The Morgan fingerprint density at radius 1 is 0.717 bits per heavy atom. The molecule has 3 aromatic carbocycles. The van der Waals surface area contributed by atoms with E-state index in [1.165, 1.54) is 16.3 Å². The summed E-state index contributed by atoms with van der Waals surface area (Å²) in [6.07, 6.45) is 1.87. The minimum Gasteiger partial charge on any atom is -0.505 e. The molecular weight excluding hydrogens is 566 g/mol. The van der Waals surface area contributed by atoms with Crippen molar-refractivity contribution in [1.82, 2.24) is 14.5 Å². The van der Waals surface area contributed by atoms with Crippen LogP contribution in [0.2, 0.25) is 0 Å². The quantitative estimate of drug-likeness (QED) is 0.210. The number of nitrogens with zero attached hydrogens (tertiary/aromatic N) is 3. The van der Waals surface area contributed by atoms with Crippen LogP contribution in [0.25, 0.3) is 38.5 Å². The first kappa shape index (κ1) is 31.6. The number of aromatic nitrogens is 3. The van der Waals surface area contributed by atoms with E-state index in [4.69, 9.17) is 14.7 Å². The summed E-state index contributed by atoms with van der Waals surface area (Å²) in [6.45, 7) is 23.8. The molecule has 0 amide bonds. The van der Waals surface area contributed by atoms with E-state index in [0.29, 0.717) is 17.3 Å². The van der Waals surface area contributed by atoms with Crippen LogP contribution in [0, 0.1) is 6.92 Å². The predicted molar refractivity (Wildman–Crippen MR) is 192 cm³/mol. The lowest BCUT2D eigenvalue weighted by atomic mass is 9.82. The van der Waals surface area contributed by atoms with Crippen LogP contribution in [0.4, 0.5) is 0 Å². The molecule has 46 heavy (non-hydrogen) atoms. The van der Waals surface area contributed by atoms with Gasteiger partial charge in [0, 0.05) is 40.1 Å². The number of rotatable bonds is 5. The maximum Gasteiger partial charge on any atom is 0.220 e. The van der Waals surface area contributed by atoms with Gasteiger partial charge in [-0.1, -0.05) is 87.4 Å². The van der Waals surface area contributed by atoms with Gasteiger partial charge in [0.1, 0.15) is 22.8 Å². The molecule has 238 valence electrons. The average Bonchev–Trinajstić information content (AvgIpc) is 3.28. The molecule has 3 heterocycles.